The van der Waals surface area contributed by atoms with Crippen LogP contribution < -0.4 is 24.8 Å². The van der Waals surface area contributed by atoms with Crippen LogP contribution in [0, 0.1) is 17.3 Å². The third-order valence-corrected chi connectivity index (χ3v) is 12.4. The Morgan fingerprint density at radius 1 is 1.15 bits per heavy atom. The number of nitrogens with zero attached hydrogens (tertiary/aromatic N) is 3. The van der Waals surface area contributed by atoms with Gasteiger partial charge in [-0.25, -0.2) is 18.2 Å². The zero-order valence-electron chi connectivity index (χ0n) is 32.4. The van der Waals surface area contributed by atoms with Gasteiger partial charge in [0.1, 0.15) is 29.5 Å². The Hall–Kier alpha value is -4.44. The van der Waals surface area contributed by atoms with Crippen LogP contribution in [0.5, 0.6) is 11.6 Å². The Morgan fingerprint density at radius 2 is 1.85 bits per heavy atom. The van der Waals surface area contributed by atoms with Crippen LogP contribution in [0.15, 0.2) is 43.1 Å². The van der Waals surface area contributed by atoms with E-state index < -0.39 is 74.1 Å². The first-order valence-electron chi connectivity index (χ1n) is 18.3. The molecular weight excluding hydrogens is 717 g/mol. The number of likely N-dealkylation sites (N-methyl/N-ethyl adjacent to an activating group) is 1. The maximum Gasteiger partial charge on any atom is 0.318 e. The van der Waals surface area contributed by atoms with Gasteiger partial charge in [0.2, 0.25) is 27.7 Å². The predicted octanol–water partition coefficient (Wildman–Crippen LogP) is 2.99. The first-order valence-corrected chi connectivity index (χ1v) is 19.8. The number of likely N-dealkylation sites (tertiary alicyclic amines) is 1. The fraction of sp³-hybridized carbons (Fsp3) is 0.605. The van der Waals surface area contributed by atoms with Gasteiger partial charge in [-0.2, -0.15) is 0 Å². The summed E-state index contributed by atoms with van der Waals surface area (Å²) in [6.07, 6.45) is 3.46. The van der Waals surface area contributed by atoms with Crippen molar-refractivity contribution in [2.45, 2.75) is 95.3 Å². The summed E-state index contributed by atoms with van der Waals surface area (Å²) in [4.78, 5) is 63.6. The number of carbonyl (C=O) groups is 4. The van der Waals surface area contributed by atoms with Crippen LogP contribution in [0.1, 0.15) is 60.3 Å². The summed E-state index contributed by atoms with van der Waals surface area (Å²) < 4.78 is 44.8. The minimum absolute atomic E-state index is 0.0244. The van der Waals surface area contributed by atoms with E-state index in [4.69, 9.17) is 14.2 Å². The van der Waals surface area contributed by atoms with Crippen LogP contribution in [-0.4, -0.2) is 116 Å². The maximum absolute atomic E-state index is 14.7. The van der Waals surface area contributed by atoms with Crippen molar-refractivity contribution in [3.63, 3.8) is 0 Å². The molecule has 54 heavy (non-hydrogen) atoms. The van der Waals surface area contributed by atoms with E-state index in [9.17, 15) is 27.6 Å². The lowest BCUT2D eigenvalue weighted by Gasteiger charge is -2.38. The molecule has 1 aromatic heterocycles. The average Bonchev–Trinajstić information content (AvgIpc) is 4.04. The highest BCUT2D eigenvalue weighted by Crippen LogP contribution is 2.45. The van der Waals surface area contributed by atoms with Gasteiger partial charge in [0.05, 0.1) is 31.6 Å². The highest BCUT2D eigenvalue weighted by Gasteiger charge is 2.62. The van der Waals surface area contributed by atoms with Gasteiger partial charge < -0.3 is 34.6 Å². The minimum atomic E-state index is -3.90. The molecule has 3 N–H and O–H groups in total. The number of aromatic nitrogens is 1. The summed E-state index contributed by atoms with van der Waals surface area (Å²) in [5.41, 5.74) is -2.36. The molecule has 3 fully saturated rings. The molecule has 0 bridgehead atoms. The van der Waals surface area contributed by atoms with Crippen molar-refractivity contribution in [1.82, 2.24) is 30.1 Å². The van der Waals surface area contributed by atoms with E-state index in [1.54, 1.807) is 33.5 Å². The van der Waals surface area contributed by atoms with Crippen molar-refractivity contribution in [2.75, 3.05) is 34.4 Å². The van der Waals surface area contributed by atoms with Crippen molar-refractivity contribution in [2.24, 2.45) is 17.3 Å². The second kappa shape index (κ2) is 15.7. The molecule has 6 atom stereocenters. The third kappa shape index (κ3) is 8.59. The number of hydrogen-bond acceptors (Lipinski definition) is 10. The van der Waals surface area contributed by atoms with E-state index in [1.807, 2.05) is 52.8 Å². The molecule has 5 amide bonds. The van der Waals surface area contributed by atoms with Gasteiger partial charge >= 0.3 is 6.03 Å². The molecule has 16 heteroatoms. The largest absolute Gasteiger partial charge is 0.497 e. The second-order valence-electron chi connectivity index (χ2n) is 16.0. The molecule has 296 valence electrons. The first kappa shape index (κ1) is 40.7. The summed E-state index contributed by atoms with van der Waals surface area (Å²) in [7, 11) is 0.869. The summed E-state index contributed by atoms with van der Waals surface area (Å²) in [6.45, 7) is 13.4. The predicted molar refractivity (Wildman–Crippen MR) is 202 cm³/mol. The summed E-state index contributed by atoms with van der Waals surface area (Å²) >= 11 is 0. The molecule has 2 saturated carbocycles. The average molecular weight is 771 g/mol. The molecule has 2 aliphatic carbocycles. The molecule has 1 saturated heterocycles. The summed E-state index contributed by atoms with van der Waals surface area (Å²) in [5.74, 6) is -1.55. The lowest BCUT2D eigenvalue weighted by molar-refractivity contribution is -0.142. The number of pyridine rings is 1. The highest BCUT2D eigenvalue weighted by atomic mass is 32.2. The van der Waals surface area contributed by atoms with Crippen LogP contribution in [0.25, 0.3) is 10.8 Å². The Morgan fingerprint density at radius 3 is 2.43 bits per heavy atom. The monoisotopic (exact) mass is 770 g/mol. The van der Waals surface area contributed by atoms with Crippen LogP contribution in [0.3, 0.4) is 0 Å². The Kier molecular flexibility index (Phi) is 11.9. The molecule has 0 unspecified atom stereocenters. The van der Waals surface area contributed by atoms with Crippen molar-refractivity contribution in [1.29, 1.82) is 0 Å². The topological polar surface area (TPSA) is 186 Å². The third-order valence-electron chi connectivity index (χ3n) is 10.6. The van der Waals surface area contributed by atoms with E-state index in [2.05, 4.69) is 26.9 Å². The number of ether oxygens (including phenoxy) is 3. The fourth-order valence-corrected chi connectivity index (χ4v) is 8.38. The van der Waals surface area contributed by atoms with Gasteiger partial charge in [-0.3, -0.25) is 19.1 Å². The lowest BCUT2D eigenvalue weighted by Crippen LogP contribution is -2.61. The zero-order chi connectivity index (χ0) is 39.7. The molecule has 2 heterocycles. The van der Waals surface area contributed by atoms with Gasteiger partial charge in [-0.15, -0.1) is 6.58 Å². The minimum Gasteiger partial charge on any atom is -0.497 e. The molecular formula is C38H54N6O9S. The summed E-state index contributed by atoms with van der Waals surface area (Å²) in [6, 6.07) is 4.26. The molecule has 15 nitrogen and oxygen atoms in total. The van der Waals surface area contributed by atoms with E-state index in [1.165, 1.54) is 15.9 Å². The second-order valence-corrected chi connectivity index (χ2v) is 18.0. The number of hydrogen-bond donors (Lipinski definition) is 3. The molecule has 2 aromatic rings. The van der Waals surface area contributed by atoms with Crippen LogP contribution in [0.4, 0.5) is 4.79 Å². The molecule has 1 aromatic carbocycles. The molecule has 5 rings (SSSR count). The van der Waals surface area contributed by atoms with E-state index >= 15 is 0 Å². The van der Waals surface area contributed by atoms with E-state index in [0.717, 1.165) is 5.39 Å². The number of fused-ring (bicyclic) bond motifs is 1. The van der Waals surface area contributed by atoms with Gasteiger partial charge in [-0.1, -0.05) is 40.7 Å². The highest BCUT2D eigenvalue weighted by molar-refractivity contribution is 7.91. The SMILES string of the molecule is C=C[C@@H]1C[C@]1(NC(=O)[C@@H]1C[C@@H](Oc2nccc3cc(OC)ccc23)CN1C(=O)[C@@H](NC(=O)N(C)[C@H](COC)C(C)C)C(C)(C)C)C(=O)NS(=O)(=O)C1CC1. The number of methoxy groups -OCH3 is 2. The number of sulfonamides is 1. The molecule has 0 spiro atoms. The molecule has 1 aliphatic heterocycles. The van der Waals surface area contributed by atoms with E-state index in [0.29, 0.717) is 36.5 Å². The molecule has 3 aliphatic rings. The van der Waals surface area contributed by atoms with Gasteiger partial charge in [0, 0.05) is 38.1 Å². The normalized spacial score (nSPS) is 23.6. The summed E-state index contributed by atoms with van der Waals surface area (Å²) in [5, 5.41) is 6.59. The fourth-order valence-electron chi connectivity index (χ4n) is 7.01. The van der Waals surface area contributed by atoms with Crippen molar-refractivity contribution in [3.05, 3.63) is 43.1 Å². The number of nitrogens with one attached hydrogen (secondary N) is 3. The quantitative estimate of drug-likeness (QED) is 0.228. The zero-order valence-corrected chi connectivity index (χ0v) is 33.2. The van der Waals surface area contributed by atoms with Crippen molar-refractivity contribution < 1.29 is 41.8 Å². The van der Waals surface area contributed by atoms with Crippen LogP contribution in [-0.2, 0) is 29.1 Å². The van der Waals surface area contributed by atoms with Gasteiger partial charge in [-0.05, 0) is 60.2 Å². The lowest BCUT2D eigenvalue weighted by atomic mass is 9.85. The van der Waals surface area contributed by atoms with Gasteiger partial charge in [0.15, 0.2) is 0 Å². The van der Waals surface area contributed by atoms with Gasteiger partial charge in [0.25, 0.3) is 5.91 Å². The van der Waals surface area contributed by atoms with Crippen LogP contribution >= 0.6 is 0 Å². The number of urea groups is 1. The number of carbonyl (C=O) groups excluding carboxylic acids is 4. The van der Waals surface area contributed by atoms with E-state index in [-0.39, 0.29) is 31.3 Å². The van der Waals surface area contributed by atoms with Crippen molar-refractivity contribution >= 4 is 44.5 Å². The first-order chi connectivity index (χ1) is 25.4. The Labute approximate surface area is 317 Å². The maximum atomic E-state index is 14.7. The smallest absolute Gasteiger partial charge is 0.318 e. The number of amides is 5. The number of benzene rings is 1. The standard InChI is InChI=1S/C38H54N6O9S/c1-10-24-19-38(24,35(47)42-54(49,50)27-12-13-27)41-32(45)29-18-26(53-33-28-14-11-25(52-9)17-23(28)15-16-39-33)20-44(29)34(46)31(37(4,5)6)40-36(48)43(7)30(21-51-8)22(2)3/h10-11,14-17,22,24,26-27,29-31H,1,12-13,18-21H2,2-9H3,(H,40,48)(H,41,45)(H,42,47)/t24-,26-,29+,30-,31-,38-/m1/s1. The van der Waals surface area contributed by atoms with Crippen LogP contribution in [0.2, 0.25) is 0 Å². The molecule has 0 radical (unpaired) electrons. The Balaban J connectivity index is 1.45. The number of rotatable bonds is 15. The van der Waals surface area contributed by atoms with Crippen molar-refractivity contribution in [3.8, 4) is 11.6 Å². The Bertz CT molecular complexity index is 1880.